The quantitative estimate of drug-likeness (QED) is 0.836. The molecule has 0 aliphatic carbocycles. The number of hydrogen-bond acceptors (Lipinski definition) is 2. The highest BCUT2D eigenvalue weighted by Gasteiger charge is 2.35. The summed E-state index contributed by atoms with van der Waals surface area (Å²) >= 11 is 5.64. The van der Waals surface area contributed by atoms with Gasteiger partial charge in [-0.2, -0.15) is 13.2 Å². The molecule has 2 rings (SSSR count). The summed E-state index contributed by atoms with van der Waals surface area (Å²) in [4.78, 5) is -0.698. The van der Waals surface area contributed by atoms with Gasteiger partial charge in [-0.15, -0.1) is 0 Å². The Balaban J connectivity index is 2.39. The largest absolute Gasteiger partial charge is 0.419 e. The molecule has 1 N–H and O–H groups in total. The van der Waals surface area contributed by atoms with Gasteiger partial charge in [0.2, 0.25) is 0 Å². The molecule has 3 nitrogen and oxygen atoms in total. The minimum Gasteiger partial charge on any atom is -0.280 e. The Kier molecular flexibility index (Phi) is 4.35. The van der Waals surface area contributed by atoms with Crippen LogP contribution in [0, 0.1) is 5.82 Å². The third-order valence-electron chi connectivity index (χ3n) is 2.65. The Morgan fingerprint density at radius 2 is 1.59 bits per heavy atom. The Labute approximate surface area is 128 Å². The Hall–Kier alpha value is -1.80. The normalized spacial score (nSPS) is 12.2. The molecule has 0 unspecified atom stereocenters. The molecule has 118 valence electrons. The van der Waals surface area contributed by atoms with E-state index in [0.717, 1.165) is 6.07 Å². The summed E-state index contributed by atoms with van der Waals surface area (Å²) in [6.07, 6.45) is -4.99. The van der Waals surface area contributed by atoms with Crippen molar-refractivity contribution < 1.29 is 26.0 Å². The predicted molar refractivity (Wildman–Crippen MR) is 73.7 cm³/mol. The van der Waals surface area contributed by atoms with Gasteiger partial charge in [0, 0.05) is 10.7 Å². The first-order chi connectivity index (χ1) is 10.1. The Morgan fingerprint density at radius 3 is 2.14 bits per heavy atom. The number of nitrogens with one attached hydrogen (secondary N) is 1. The molecule has 0 bridgehead atoms. The van der Waals surface area contributed by atoms with Gasteiger partial charge in [-0.1, -0.05) is 11.6 Å². The van der Waals surface area contributed by atoms with Crippen molar-refractivity contribution in [3.8, 4) is 0 Å². The molecule has 22 heavy (non-hydrogen) atoms. The second kappa shape index (κ2) is 5.77. The van der Waals surface area contributed by atoms with Crippen molar-refractivity contribution in [1.82, 2.24) is 0 Å². The van der Waals surface area contributed by atoms with Gasteiger partial charge >= 0.3 is 6.18 Å². The molecule has 0 aromatic heterocycles. The number of anilines is 1. The van der Waals surface area contributed by atoms with E-state index in [2.05, 4.69) is 4.72 Å². The van der Waals surface area contributed by atoms with Crippen molar-refractivity contribution in [2.45, 2.75) is 11.1 Å². The number of benzene rings is 2. The molecule has 0 atom stereocenters. The Bertz CT molecular complexity index is 789. The molecular formula is C13H8ClF4NO2S. The molecule has 2 aromatic rings. The number of sulfonamides is 1. The highest BCUT2D eigenvalue weighted by Crippen LogP contribution is 2.33. The molecular weight excluding hydrogens is 346 g/mol. The lowest BCUT2D eigenvalue weighted by Gasteiger charge is -2.12. The summed E-state index contributed by atoms with van der Waals surface area (Å²) in [6.45, 7) is 0. The number of hydrogen-bond donors (Lipinski definition) is 1. The van der Waals surface area contributed by atoms with E-state index in [1.165, 1.54) is 24.3 Å². The minimum atomic E-state index is -4.99. The van der Waals surface area contributed by atoms with Crippen LogP contribution in [0.2, 0.25) is 5.02 Å². The molecule has 0 radical (unpaired) electrons. The van der Waals surface area contributed by atoms with Crippen LogP contribution in [0.4, 0.5) is 23.2 Å². The molecule has 0 aliphatic heterocycles. The van der Waals surface area contributed by atoms with E-state index in [4.69, 9.17) is 11.6 Å². The minimum absolute atomic E-state index is 0.113. The molecule has 0 saturated carbocycles. The van der Waals surface area contributed by atoms with Gasteiger partial charge in [0.1, 0.15) is 5.82 Å². The van der Waals surface area contributed by atoms with Gasteiger partial charge in [0.25, 0.3) is 10.0 Å². The lowest BCUT2D eigenvalue weighted by atomic mass is 10.2. The van der Waals surface area contributed by atoms with Crippen LogP contribution in [0.3, 0.4) is 0 Å². The maximum atomic E-state index is 13.2. The fourth-order valence-corrected chi connectivity index (χ4v) is 2.83. The zero-order chi connectivity index (χ0) is 16.5. The Morgan fingerprint density at radius 1 is 1.00 bits per heavy atom. The molecule has 9 heteroatoms. The average molecular weight is 354 g/mol. The molecule has 2 aromatic carbocycles. The van der Waals surface area contributed by atoms with Gasteiger partial charge < -0.3 is 0 Å². The predicted octanol–water partition coefficient (Wildman–Crippen LogP) is 4.30. The molecule has 0 heterocycles. The van der Waals surface area contributed by atoms with E-state index in [1.54, 1.807) is 0 Å². The molecule has 0 amide bonds. The van der Waals surface area contributed by atoms with Crippen molar-refractivity contribution in [2.75, 3.05) is 4.72 Å². The van der Waals surface area contributed by atoms with Crippen molar-refractivity contribution in [3.05, 3.63) is 58.9 Å². The van der Waals surface area contributed by atoms with Gasteiger partial charge in [0.15, 0.2) is 0 Å². The number of alkyl halides is 3. The van der Waals surface area contributed by atoms with Crippen molar-refractivity contribution >= 4 is 27.3 Å². The van der Waals surface area contributed by atoms with Crippen LogP contribution in [-0.4, -0.2) is 8.42 Å². The standard InChI is InChI=1S/C13H8ClF4NO2S/c14-8-1-3-9(4-2-8)19-22(20,21)10-5-6-12(15)11(7-10)13(16,17)18/h1-7,19H. The van der Waals surface area contributed by atoms with Gasteiger partial charge in [0.05, 0.1) is 10.5 Å². The van der Waals surface area contributed by atoms with Crippen LogP contribution in [-0.2, 0) is 16.2 Å². The molecule has 0 fully saturated rings. The zero-order valence-electron chi connectivity index (χ0n) is 10.7. The van der Waals surface area contributed by atoms with Crippen LogP contribution in [0.15, 0.2) is 47.4 Å². The molecule has 0 spiro atoms. The first kappa shape index (κ1) is 16.6. The summed E-state index contributed by atoms with van der Waals surface area (Å²) in [5.74, 6) is -1.54. The van der Waals surface area contributed by atoms with Crippen LogP contribution >= 0.6 is 11.6 Å². The van der Waals surface area contributed by atoms with E-state index in [1.807, 2.05) is 0 Å². The maximum Gasteiger partial charge on any atom is 0.419 e. The summed E-state index contributed by atoms with van der Waals surface area (Å²) in [7, 11) is -4.29. The van der Waals surface area contributed by atoms with Gasteiger partial charge in [-0.05, 0) is 42.5 Å². The average Bonchev–Trinajstić information content (AvgIpc) is 2.40. The van der Waals surface area contributed by atoms with Gasteiger partial charge in [-0.25, -0.2) is 12.8 Å². The summed E-state index contributed by atoms with van der Waals surface area (Å²) in [5.41, 5.74) is -1.53. The number of rotatable bonds is 3. The first-order valence-corrected chi connectivity index (χ1v) is 7.61. The fraction of sp³-hybridized carbons (Fsp3) is 0.0769. The smallest absolute Gasteiger partial charge is 0.280 e. The van der Waals surface area contributed by atoms with Crippen molar-refractivity contribution in [1.29, 1.82) is 0 Å². The highest BCUT2D eigenvalue weighted by atomic mass is 35.5. The second-order valence-electron chi connectivity index (χ2n) is 4.25. The highest BCUT2D eigenvalue weighted by molar-refractivity contribution is 7.92. The third-order valence-corrected chi connectivity index (χ3v) is 4.28. The second-order valence-corrected chi connectivity index (χ2v) is 6.37. The van der Waals surface area contributed by atoms with E-state index in [9.17, 15) is 26.0 Å². The van der Waals surface area contributed by atoms with Gasteiger partial charge in [-0.3, -0.25) is 4.72 Å². The maximum absolute atomic E-state index is 13.2. The topological polar surface area (TPSA) is 46.2 Å². The fourth-order valence-electron chi connectivity index (χ4n) is 1.62. The van der Waals surface area contributed by atoms with E-state index in [0.29, 0.717) is 11.1 Å². The lowest BCUT2D eigenvalue weighted by Crippen LogP contribution is -2.15. The van der Waals surface area contributed by atoms with Crippen LogP contribution in [0.25, 0.3) is 0 Å². The molecule has 0 aliphatic rings. The monoisotopic (exact) mass is 353 g/mol. The van der Waals surface area contributed by atoms with Crippen LogP contribution in [0.1, 0.15) is 5.56 Å². The van der Waals surface area contributed by atoms with Crippen molar-refractivity contribution in [3.63, 3.8) is 0 Å². The SMILES string of the molecule is O=S(=O)(Nc1ccc(Cl)cc1)c1ccc(F)c(C(F)(F)F)c1. The first-order valence-electron chi connectivity index (χ1n) is 5.75. The zero-order valence-corrected chi connectivity index (χ0v) is 12.2. The number of halogens is 5. The summed E-state index contributed by atoms with van der Waals surface area (Å²) in [5, 5.41) is 0.365. The van der Waals surface area contributed by atoms with E-state index in [-0.39, 0.29) is 11.8 Å². The van der Waals surface area contributed by atoms with E-state index < -0.39 is 32.5 Å². The lowest BCUT2D eigenvalue weighted by molar-refractivity contribution is -0.140. The summed E-state index contributed by atoms with van der Waals surface area (Å²) in [6, 6.07) is 6.95. The van der Waals surface area contributed by atoms with Crippen LogP contribution in [0.5, 0.6) is 0 Å². The van der Waals surface area contributed by atoms with E-state index >= 15 is 0 Å². The third kappa shape index (κ3) is 3.69. The summed E-state index contributed by atoms with van der Waals surface area (Å²) < 4.78 is 77.2. The van der Waals surface area contributed by atoms with Crippen molar-refractivity contribution in [2.24, 2.45) is 0 Å². The van der Waals surface area contributed by atoms with Crippen LogP contribution < -0.4 is 4.72 Å². The molecule has 0 saturated heterocycles.